The van der Waals surface area contributed by atoms with Gasteiger partial charge in [0, 0.05) is 0 Å². The first-order valence-corrected chi connectivity index (χ1v) is 5.11. The van der Waals surface area contributed by atoms with Gasteiger partial charge in [-0.05, 0) is 0 Å². The molecule has 2 atom stereocenters. The summed E-state index contributed by atoms with van der Waals surface area (Å²) in [6, 6.07) is -0.481. The lowest BCUT2D eigenvalue weighted by molar-refractivity contribution is 0.124. The fourth-order valence-electron chi connectivity index (χ4n) is 0.931. The monoisotopic (exact) mass is 181 g/mol. The van der Waals surface area contributed by atoms with E-state index in [-0.39, 0.29) is 13.2 Å². The van der Waals surface area contributed by atoms with Crippen LogP contribution in [0.1, 0.15) is 0 Å². The third kappa shape index (κ3) is 2.74. The van der Waals surface area contributed by atoms with Crippen LogP contribution in [0.4, 0.5) is 0 Å². The molecule has 1 saturated heterocycles. The number of ether oxygens (including phenoxy) is 1. The fraction of sp³-hybridized carbons (Fsp3) is 1.00. The van der Waals surface area contributed by atoms with Crippen LogP contribution in [-0.2, 0) is 14.8 Å². The first-order valence-electron chi connectivity index (χ1n) is 3.22. The Morgan fingerprint density at radius 3 is 2.55 bits per heavy atom. The number of aliphatic hydroxyl groups is 1. The molecule has 0 aromatic heterocycles. The van der Waals surface area contributed by atoms with Crippen LogP contribution < -0.4 is 4.72 Å². The van der Waals surface area contributed by atoms with Gasteiger partial charge >= 0.3 is 0 Å². The highest BCUT2D eigenvalue weighted by atomic mass is 32.2. The standard InChI is InChI=1S/C5H11NO4S/c1-11(8,9)6-4-2-10-3-5(4)7/h4-7H,2-3H2,1H3/t4-,5-/m1/s1. The molecule has 0 bridgehead atoms. The van der Waals surface area contributed by atoms with Crippen LogP contribution in [0.15, 0.2) is 0 Å². The van der Waals surface area contributed by atoms with Gasteiger partial charge < -0.3 is 9.84 Å². The van der Waals surface area contributed by atoms with E-state index < -0.39 is 22.2 Å². The third-order valence-corrected chi connectivity index (χ3v) is 2.15. The van der Waals surface area contributed by atoms with E-state index in [2.05, 4.69) is 4.72 Å². The van der Waals surface area contributed by atoms with Crippen LogP contribution in [0.5, 0.6) is 0 Å². The lowest BCUT2D eigenvalue weighted by Crippen LogP contribution is -2.41. The summed E-state index contributed by atoms with van der Waals surface area (Å²) in [5.41, 5.74) is 0. The van der Waals surface area contributed by atoms with Crippen molar-refractivity contribution in [2.75, 3.05) is 19.5 Å². The number of sulfonamides is 1. The van der Waals surface area contributed by atoms with E-state index in [1.807, 2.05) is 0 Å². The van der Waals surface area contributed by atoms with E-state index in [4.69, 9.17) is 9.84 Å². The Bertz CT molecular complexity index is 225. The van der Waals surface area contributed by atoms with E-state index in [9.17, 15) is 8.42 Å². The summed E-state index contributed by atoms with van der Waals surface area (Å²) >= 11 is 0. The molecular formula is C5H11NO4S. The topological polar surface area (TPSA) is 75.6 Å². The Morgan fingerprint density at radius 1 is 1.55 bits per heavy atom. The van der Waals surface area contributed by atoms with E-state index in [0.29, 0.717) is 0 Å². The number of aliphatic hydroxyl groups excluding tert-OH is 1. The number of rotatable bonds is 2. The summed E-state index contributed by atoms with van der Waals surface area (Å²) in [5, 5.41) is 9.10. The molecule has 0 aliphatic carbocycles. The molecule has 1 heterocycles. The normalized spacial score (nSPS) is 32.5. The zero-order valence-corrected chi connectivity index (χ0v) is 6.97. The van der Waals surface area contributed by atoms with Crippen LogP contribution in [0, 0.1) is 0 Å². The molecule has 0 radical (unpaired) electrons. The smallest absolute Gasteiger partial charge is 0.209 e. The second kappa shape index (κ2) is 3.06. The zero-order chi connectivity index (χ0) is 8.48. The molecule has 1 aliphatic heterocycles. The van der Waals surface area contributed by atoms with Crippen LogP contribution in [0.3, 0.4) is 0 Å². The van der Waals surface area contributed by atoms with Gasteiger partial charge in [0.1, 0.15) is 0 Å². The summed E-state index contributed by atoms with van der Waals surface area (Å²) in [4.78, 5) is 0. The van der Waals surface area contributed by atoms with Crippen molar-refractivity contribution in [2.45, 2.75) is 12.1 Å². The highest BCUT2D eigenvalue weighted by Crippen LogP contribution is 2.05. The van der Waals surface area contributed by atoms with Gasteiger partial charge in [0.15, 0.2) is 0 Å². The molecule has 6 heteroatoms. The quantitative estimate of drug-likeness (QED) is 0.532. The molecule has 0 aromatic rings. The van der Waals surface area contributed by atoms with Crippen molar-refractivity contribution in [3.05, 3.63) is 0 Å². The summed E-state index contributed by atoms with van der Waals surface area (Å²) < 4.78 is 28.4. The minimum absolute atomic E-state index is 0.202. The molecule has 66 valence electrons. The Labute approximate surface area is 65.4 Å². The second-order valence-corrected chi connectivity index (χ2v) is 4.38. The fourth-order valence-corrected chi connectivity index (χ4v) is 1.71. The maximum absolute atomic E-state index is 10.7. The minimum Gasteiger partial charge on any atom is -0.389 e. The molecule has 1 rings (SSSR count). The van der Waals surface area contributed by atoms with Gasteiger partial charge in [-0.3, -0.25) is 0 Å². The van der Waals surface area contributed by atoms with Gasteiger partial charge in [-0.1, -0.05) is 0 Å². The lowest BCUT2D eigenvalue weighted by Gasteiger charge is -2.11. The molecule has 2 N–H and O–H groups in total. The van der Waals surface area contributed by atoms with Gasteiger partial charge in [0.25, 0.3) is 0 Å². The molecule has 0 spiro atoms. The van der Waals surface area contributed by atoms with Gasteiger partial charge in [-0.25, -0.2) is 13.1 Å². The van der Waals surface area contributed by atoms with Crippen molar-refractivity contribution in [3.63, 3.8) is 0 Å². The van der Waals surface area contributed by atoms with Crippen molar-refractivity contribution >= 4 is 10.0 Å². The summed E-state index contributed by atoms with van der Waals surface area (Å²) in [6.45, 7) is 0.446. The molecule has 0 unspecified atom stereocenters. The second-order valence-electron chi connectivity index (χ2n) is 2.60. The minimum atomic E-state index is -3.23. The summed E-state index contributed by atoms with van der Waals surface area (Å²) in [6.07, 6.45) is 0.336. The molecule has 1 aliphatic rings. The van der Waals surface area contributed by atoms with Crippen molar-refractivity contribution in [3.8, 4) is 0 Å². The van der Waals surface area contributed by atoms with Crippen molar-refractivity contribution in [1.82, 2.24) is 4.72 Å². The van der Waals surface area contributed by atoms with Gasteiger partial charge in [-0.2, -0.15) is 0 Å². The maximum atomic E-state index is 10.7. The van der Waals surface area contributed by atoms with E-state index in [1.54, 1.807) is 0 Å². The molecule has 0 amide bonds. The Kier molecular flexibility index (Phi) is 2.48. The largest absolute Gasteiger partial charge is 0.389 e. The van der Waals surface area contributed by atoms with Gasteiger partial charge in [0.05, 0.1) is 31.6 Å². The van der Waals surface area contributed by atoms with Crippen molar-refractivity contribution in [1.29, 1.82) is 0 Å². The highest BCUT2D eigenvalue weighted by Gasteiger charge is 2.28. The van der Waals surface area contributed by atoms with E-state index >= 15 is 0 Å². The molecule has 1 fully saturated rings. The van der Waals surface area contributed by atoms with Crippen LogP contribution >= 0.6 is 0 Å². The molecule has 5 nitrogen and oxygen atoms in total. The Balaban J connectivity index is 2.50. The molecule has 0 saturated carbocycles. The Morgan fingerprint density at radius 2 is 2.18 bits per heavy atom. The summed E-state index contributed by atoms with van der Waals surface area (Å²) in [7, 11) is -3.23. The van der Waals surface area contributed by atoms with E-state index in [0.717, 1.165) is 6.26 Å². The SMILES string of the molecule is CS(=O)(=O)N[C@@H]1COC[C@H]1O. The average Bonchev–Trinajstić information content (AvgIpc) is 2.12. The van der Waals surface area contributed by atoms with Crippen molar-refractivity contribution in [2.24, 2.45) is 0 Å². The van der Waals surface area contributed by atoms with Crippen LogP contribution in [-0.4, -0.2) is 45.1 Å². The number of nitrogens with one attached hydrogen (secondary N) is 1. The number of hydrogen-bond donors (Lipinski definition) is 2. The van der Waals surface area contributed by atoms with Gasteiger partial charge in [0.2, 0.25) is 10.0 Å². The Hall–Kier alpha value is -0.170. The molecule has 11 heavy (non-hydrogen) atoms. The predicted molar refractivity (Wildman–Crippen MR) is 38.6 cm³/mol. The van der Waals surface area contributed by atoms with Crippen LogP contribution in [0.25, 0.3) is 0 Å². The number of hydrogen-bond acceptors (Lipinski definition) is 4. The first kappa shape index (κ1) is 8.92. The third-order valence-electron chi connectivity index (χ3n) is 1.42. The van der Waals surface area contributed by atoms with Crippen molar-refractivity contribution < 1.29 is 18.3 Å². The average molecular weight is 181 g/mol. The zero-order valence-electron chi connectivity index (χ0n) is 6.15. The molecular weight excluding hydrogens is 170 g/mol. The first-order chi connectivity index (χ1) is 4.99. The van der Waals surface area contributed by atoms with E-state index in [1.165, 1.54) is 0 Å². The molecule has 0 aromatic carbocycles. The predicted octanol–water partition coefficient (Wildman–Crippen LogP) is -1.70. The highest BCUT2D eigenvalue weighted by molar-refractivity contribution is 7.88. The lowest BCUT2D eigenvalue weighted by atomic mass is 10.2. The summed E-state index contributed by atoms with van der Waals surface area (Å²) in [5.74, 6) is 0. The maximum Gasteiger partial charge on any atom is 0.209 e. The van der Waals surface area contributed by atoms with Crippen LogP contribution in [0.2, 0.25) is 0 Å². The van der Waals surface area contributed by atoms with Gasteiger partial charge in [-0.15, -0.1) is 0 Å².